The summed E-state index contributed by atoms with van der Waals surface area (Å²) in [5.41, 5.74) is 3.35. The lowest BCUT2D eigenvalue weighted by molar-refractivity contribution is 0.0696. The number of aromatic nitrogens is 1. The number of carbonyl (C=O) groups is 1. The van der Waals surface area contributed by atoms with E-state index >= 15 is 0 Å². The van der Waals surface area contributed by atoms with Gasteiger partial charge in [-0.2, -0.15) is 0 Å². The fourth-order valence-electron chi connectivity index (χ4n) is 2.81. The average molecular weight is 295 g/mol. The Hall–Kier alpha value is -2.75. The Kier molecular flexibility index (Phi) is 3.59. The molecule has 3 rings (SSSR count). The van der Waals surface area contributed by atoms with Crippen LogP contribution < -0.4 is 4.74 Å². The smallest absolute Gasteiger partial charge is 0.335 e. The van der Waals surface area contributed by atoms with Crippen LogP contribution >= 0.6 is 0 Å². The van der Waals surface area contributed by atoms with E-state index in [1.807, 2.05) is 48.1 Å². The van der Waals surface area contributed by atoms with E-state index in [0.29, 0.717) is 12.0 Å². The van der Waals surface area contributed by atoms with Crippen LogP contribution in [0.2, 0.25) is 0 Å². The Morgan fingerprint density at radius 1 is 1.18 bits per heavy atom. The van der Waals surface area contributed by atoms with Crippen molar-refractivity contribution >= 4 is 16.9 Å². The van der Waals surface area contributed by atoms with Crippen molar-refractivity contribution in [2.45, 2.75) is 6.42 Å². The first-order valence-electron chi connectivity index (χ1n) is 7.03. The van der Waals surface area contributed by atoms with E-state index in [9.17, 15) is 9.90 Å². The van der Waals surface area contributed by atoms with Crippen molar-refractivity contribution in [1.82, 2.24) is 4.57 Å². The van der Waals surface area contributed by atoms with Crippen LogP contribution in [0.3, 0.4) is 0 Å². The third-order valence-electron chi connectivity index (χ3n) is 3.91. The minimum Gasteiger partial charge on any atom is -0.497 e. The van der Waals surface area contributed by atoms with Crippen molar-refractivity contribution < 1.29 is 14.6 Å². The monoisotopic (exact) mass is 295 g/mol. The molecule has 0 amide bonds. The molecule has 22 heavy (non-hydrogen) atoms. The molecule has 1 N–H and O–H groups in total. The molecule has 0 bridgehead atoms. The number of aromatic carboxylic acids is 1. The Bertz CT molecular complexity index is 849. The van der Waals surface area contributed by atoms with Crippen molar-refractivity contribution in [1.29, 1.82) is 0 Å². The molecule has 0 atom stereocenters. The van der Waals surface area contributed by atoms with Gasteiger partial charge >= 0.3 is 5.97 Å². The van der Waals surface area contributed by atoms with E-state index in [0.717, 1.165) is 27.8 Å². The molecular weight excluding hydrogens is 278 g/mol. The number of carboxylic acids is 1. The first-order valence-corrected chi connectivity index (χ1v) is 7.03. The predicted molar refractivity (Wildman–Crippen MR) is 85.7 cm³/mol. The summed E-state index contributed by atoms with van der Waals surface area (Å²) < 4.78 is 7.34. The molecule has 112 valence electrons. The average Bonchev–Trinajstić information content (AvgIpc) is 2.83. The molecule has 0 spiro atoms. The van der Waals surface area contributed by atoms with Crippen LogP contribution in [0.15, 0.2) is 48.7 Å². The minimum absolute atomic E-state index is 0.349. The summed E-state index contributed by atoms with van der Waals surface area (Å²) in [6.07, 6.45) is 2.62. The van der Waals surface area contributed by atoms with E-state index in [-0.39, 0.29) is 0 Å². The first-order chi connectivity index (χ1) is 10.6. The van der Waals surface area contributed by atoms with Gasteiger partial charge in [-0.3, -0.25) is 0 Å². The lowest BCUT2D eigenvalue weighted by Crippen LogP contribution is -2.02. The van der Waals surface area contributed by atoms with Crippen molar-refractivity contribution in [3.63, 3.8) is 0 Å². The summed E-state index contributed by atoms with van der Waals surface area (Å²) in [5, 5.41) is 10.4. The highest BCUT2D eigenvalue weighted by Crippen LogP contribution is 2.27. The SMILES string of the molecule is COc1ccc2c(c1)c(Cc1ccccc1C(=O)O)cn2C. The van der Waals surface area contributed by atoms with E-state index in [1.54, 1.807) is 19.2 Å². The Labute approximate surface area is 128 Å². The number of fused-ring (bicyclic) bond motifs is 1. The van der Waals surface area contributed by atoms with E-state index in [1.165, 1.54) is 0 Å². The number of hydrogen-bond donors (Lipinski definition) is 1. The quantitative estimate of drug-likeness (QED) is 0.801. The summed E-state index contributed by atoms with van der Waals surface area (Å²) in [7, 11) is 3.63. The van der Waals surface area contributed by atoms with Crippen molar-refractivity contribution in [3.8, 4) is 5.75 Å². The van der Waals surface area contributed by atoms with Gasteiger partial charge in [0.15, 0.2) is 0 Å². The molecule has 4 nitrogen and oxygen atoms in total. The fourth-order valence-corrected chi connectivity index (χ4v) is 2.81. The zero-order valence-corrected chi connectivity index (χ0v) is 12.5. The van der Waals surface area contributed by atoms with Gasteiger partial charge in [0, 0.05) is 30.6 Å². The molecule has 1 aromatic heterocycles. The van der Waals surface area contributed by atoms with Crippen molar-refractivity contribution in [2.24, 2.45) is 7.05 Å². The highest BCUT2D eigenvalue weighted by molar-refractivity contribution is 5.90. The summed E-state index contributed by atoms with van der Waals surface area (Å²) in [6.45, 7) is 0. The molecule has 0 saturated carbocycles. The molecule has 0 aliphatic heterocycles. The lowest BCUT2D eigenvalue weighted by atomic mass is 9.99. The van der Waals surface area contributed by atoms with Gasteiger partial charge in [-0.05, 0) is 35.4 Å². The predicted octanol–water partition coefficient (Wildman–Crippen LogP) is 3.48. The number of methoxy groups -OCH3 is 1. The fraction of sp³-hybridized carbons (Fsp3) is 0.167. The van der Waals surface area contributed by atoms with Crippen LogP contribution in [0.5, 0.6) is 5.75 Å². The number of nitrogens with zero attached hydrogens (tertiary/aromatic N) is 1. The van der Waals surface area contributed by atoms with Crippen LogP contribution in [0.4, 0.5) is 0 Å². The standard InChI is InChI=1S/C18H17NO3/c1-19-11-13(16-10-14(22-2)7-8-17(16)19)9-12-5-3-4-6-15(12)18(20)21/h3-8,10-11H,9H2,1-2H3,(H,20,21). The van der Waals surface area contributed by atoms with E-state index in [2.05, 4.69) is 0 Å². The summed E-state index contributed by atoms with van der Waals surface area (Å²) in [4.78, 5) is 11.4. The van der Waals surface area contributed by atoms with Gasteiger partial charge in [0.25, 0.3) is 0 Å². The largest absolute Gasteiger partial charge is 0.497 e. The minimum atomic E-state index is -0.895. The molecule has 0 unspecified atom stereocenters. The Morgan fingerprint density at radius 3 is 2.68 bits per heavy atom. The number of ether oxygens (including phenoxy) is 1. The zero-order chi connectivity index (χ0) is 15.7. The highest BCUT2D eigenvalue weighted by atomic mass is 16.5. The zero-order valence-electron chi connectivity index (χ0n) is 12.5. The maximum Gasteiger partial charge on any atom is 0.335 e. The van der Waals surface area contributed by atoms with Gasteiger partial charge in [0.05, 0.1) is 12.7 Å². The van der Waals surface area contributed by atoms with Gasteiger partial charge in [0.1, 0.15) is 5.75 Å². The number of hydrogen-bond acceptors (Lipinski definition) is 2. The third-order valence-corrected chi connectivity index (χ3v) is 3.91. The van der Waals surface area contributed by atoms with Gasteiger partial charge in [0.2, 0.25) is 0 Å². The van der Waals surface area contributed by atoms with Gasteiger partial charge < -0.3 is 14.4 Å². The first kappa shape index (κ1) is 14.2. The summed E-state index contributed by atoms with van der Waals surface area (Å²) in [6, 6.07) is 13.1. The number of carboxylic acid groups (broad SMARTS) is 1. The summed E-state index contributed by atoms with van der Waals surface area (Å²) in [5.74, 6) is -0.0973. The third kappa shape index (κ3) is 2.44. The Morgan fingerprint density at radius 2 is 1.95 bits per heavy atom. The van der Waals surface area contributed by atoms with Crippen LogP contribution in [-0.2, 0) is 13.5 Å². The molecule has 0 aliphatic carbocycles. The second-order valence-corrected chi connectivity index (χ2v) is 5.29. The highest BCUT2D eigenvalue weighted by Gasteiger charge is 2.13. The number of aryl methyl sites for hydroxylation is 1. The molecule has 1 heterocycles. The van der Waals surface area contributed by atoms with Crippen LogP contribution in [0.25, 0.3) is 10.9 Å². The van der Waals surface area contributed by atoms with Gasteiger partial charge in [-0.15, -0.1) is 0 Å². The molecule has 3 aromatic rings. The van der Waals surface area contributed by atoms with Crippen molar-refractivity contribution in [2.75, 3.05) is 7.11 Å². The molecule has 0 saturated heterocycles. The van der Waals surface area contributed by atoms with E-state index in [4.69, 9.17) is 4.74 Å². The topological polar surface area (TPSA) is 51.5 Å². The molecule has 0 fully saturated rings. The molecule has 0 radical (unpaired) electrons. The maximum atomic E-state index is 11.4. The van der Waals surface area contributed by atoms with Crippen LogP contribution in [0, 0.1) is 0 Å². The number of benzene rings is 2. The van der Waals surface area contributed by atoms with Gasteiger partial charge in [-0.1, -0.05) is 18.2 Å². The molecule has 4 heteroatoms. The number of rotatable bonds is 4. The second kappa shape index (κ2) is 5.56. The maximum absolute atomic E-state index is 11.4. The second-order valence-electron chi connectivity index (χ2n) is 5.29. The molecular formula is C18H17NO3. The van der Waals surface area contributed by atoms with Crippen LogP contribution in [0.1, 0.15) is 21.5 Å². The lowest BCUT2D eigenvalue weighted by Gasteiger charge is -2.06. The van der Waals surface area contributed by atoms with Crippen molar-refractivity contribution in [3.05, 3.63) is 65.4 Å². The van der Waals surface area contributed by atoms with Gasteiger partial charge in [-0.25, -0.2) is 4.79 Å². The summed E-state index contributed by atoms with van der Waals surface area (Å²) >= 11 is 0. The molecule has 0 aliphatic rings. The molecule has 2 aromatic carbocycles. The van der Waals surface area contributed by atoms with E-state index < -0.39 is 5.97 Å². The Balaban J connectivity index is 2.10. The normalized spacial score (nSPS) is 10.8. The van der Waals surface area contributed by atoms with Crippen LogP contribution in [-0.4, -0.2) is 22.8 Å².